The fourth-order valence-electron chi connectivity index (χ4n) is 3.95. The maximum absolute atomic E-state index is 11.2. The van der Waals surface area contributed by atoms with Crippen LogP contribution < -0.4 is 0 Å². The van der Waals surface area contributed by atoms with Crippen LogP contribution in [0, 0.1) is 0 Å². The van der Waals surface area contributed by atoms with Gasteiger partial charge in [-0.3, -0.25) is 9.69 Å². The monoisotopic (exact) mass is 399 g/mol. The molecule has 164 valence electrons. The normalized spacial score (nSPS) is 20.7. The van der Waals surface area contributed by atoms with Crippen molar-refractivity contribution < 1.29 is 24.1 Å². The molecule has 28 heavy (non-hydrogen) atoms. The molecule has 0 aliphatic carbocycles. The van der Waals surface area contributed by atoms with Gasteiger partial charge in [-0.05, 0) is 32.1 Å². The first-order chi connectivity index (χ1) is 13.5. The molecule has 0 saturated carbocycles. The molecule has 0 spiro atoms. The van der Waals surface area contributed by atoms with E-state index in [4.69, 9.17) is 9.47 Å². The number of carbonyl (C=O) groups excluding carboxylic acids is 1. The molecule has 0 aromatic heterocycles. The summed E-state index contributed by atoms with van der Waals surface area (Å²) in [5.41, 5.74) is 0. The summed E-state index contributed by atoms with van der Waals surface area (Å²) in [4.78, 5) is 13.5. The summed E-state index contributed by atoms with van der Waals surface area (Å²) < 4.78 is 16.2. The van der Waals surface area contributed by atoms with Crippen LogP contribution in [-0.2, 0) is 19.0 Å². The molecule has 0 aromatic rings. The number of esters is 1. The number of aliphatic hydroxyl groups is 1. The standard InChI is InChI=1S/C22H41NO5/c1-5-6-9-12-19(24)15-17-23-18-16-22(27-3,28-4)20(23)13-10-7-8-11-14-21(25)26-2/h7,10,19-20,24H,5-6,8-9,11-18H2,1-4H3/t19?,20-/m0/s1. The largest absolute Gasteiger partial charge is 0.469 e. The minimum atomic E-state index is -0.594. The molecule has 6 nitrogen and oxygen atoms in total. The number of hydrogen-bond acceptors (Lipinski definition) is 6. The average molecular weight is 400 g/mol. The van der Waals surface area contributed by atoms with Gasteiger partial charge in [0.05, 0.1) is 19.3 Å². The van der Waals surface area contributed by atoms with Crippen molar-refractivity contribution in [3.05, 3.63) is 12.2 Å². The lowest BCUT2D eigenvalue weighted by Crippen LogP contribution is -2.47. The first-order valence-electron chi connectivity index (χ1n) is 10.8. The lowest BCUT2D eigenvalue weighted by molar-refractivity contribution is -0.218. The quantitative estimate of drug-likeness (QED) is 0.196. The van der Waals surface area contributed by atoms with Gasteiger partial charge in [0.15, 0.2) is 5.79 Å². The molecule has 0 aromatic carbocycles. The SMILES string of the molecule is CCCCCC(O)CCN1CCC(OC)(OC)[C@@H]1CC=CCCCC(=O)OC. The maximum Gasteiger partial charge on any atom is 0.305 e. The molecule has 1 fully saturated rings. The third-order valence-electron chi connectivity index (χ3n) is 5.78. The number of carbonyl (C=O) groups is 1. The molecule has 2 atom stereocenters. The highest BCUT2D eigenvalue weighted by Gasteiger charge is 2.47. The van der Waals surface area contributed by atoms with Crippen molar-refractivity contribution in [1.29, 1.82) is 0 Å². The summed E-state index contributed by atoms with van der Waals surface area (Å²) in [5.74, 6) is -0.755. The van der Waals surface area contributed by atoms with E-state index in [-0.39, 0.29) is 18.1 Å². The van der Waals surface area contributed by atoms with Gasteiger partial charge >= 0.3 is 5.97 Å². The number of ether oxygens (including phenoxy) is 3. The molecule has 1 N–H and O–H groups in total. The van der Waals surface area contributed by atoms with Gasteiger partial charge in [0, 0.05) is 40.2 Å². The van der Waals surface area contributed by atoms with Crippen molar-refractivity contribution in [2.75, 3.05) is 34.4 Å². The molecule has 1 aliphatic heterocycles. The zero-order chi connectivity index (χ0) is 20.8. The molecule has 1 saturated heterocycles. The Kier molecular flexibility index (Phi) is 12.6. The average Bonchev–Trinajstić information content (AvgIpc) is 3.06. The fraction of sp³-hybridized carbons (Fsp3) is 0.864. The van der Waals surface area contributed by atoms with Gasteiger partial charge in [-0.25, -0.2) is 0 Å². The molecule has 1 heterocycles. The highest BCUT2D eigenvalue weighted by Crippen LogP contribution is 2.35. The number of rotatable bonds is 15. The minimum Gasteiger partial charge on any atom is -0.469 e. The zero-order valence-electron chi connectivity index (χ0n) is 18.3. The minimum absolute atomic E-state index is 0.127. The van der Waals surface area contributed by atoms with E-state index in [1.165, 1.54) is 20.0 Å². The van der Waals surface area contributed by atoms with Gasteiger partial charge in [0.25, 0.3) is 0 Å². The smallest absolute Gasteiger partial charge is 0.305 e. The van der Waals surface area contributed by atoms with E-state index >= 15 is 0 Å². The van der Waals surface area contributed by atoms with Crippen LogP contribution in [0.25, 0.3) is 0 Å². The number of aliphatic hydroxyl groups excluding tert-OH is 1. The Bertz CT molecular complexity index is 450. The number of nitrogens with zero attached hydrogens (tertiary/aromatic N) is 1. The van der Waals surface area contributed by atoms with Gasteiger partial charge in [-0.2, -0.15) is 0 Å². The van der Waals surface area contributed by atoms with E-state index in [2.05, 4.69) is 28.7 Å². The lowest BCUT2D eigenvalue weighted by atomic mass is 10.0. The highest BCUT2D eigenvalue weighted by molar-refractivity contribution is 5.69. The van der Waals surface area contributed by atoms with Crippen LogP contribution in [0.1, 0.15) is 71.1 Å². The zero-order valence-corrected chi connectivity index (χ0v) is 18.3. The van der Waals surface area contributed by atoms with Crippen LogP contribution in [0.5, 0.6) is 0 Å². The number of allylic oxidation sites excluding steroid dienone is 1. The third kappa shape index (κ3) is 8.19. The maximum atomic E-state index is 11.2. The summed E-state index contributed by atoms with van der Waals surface area (Å²) in [7, 11) is 4.84. The van der Waals surface area contributed by atoms with E-state index in [1.807, 2.05) is 0 Å². The van der Waals surface area contributed by atoms with Gasteiger partial charge < -0.3 is 19.3 Å². The first-order valence-corrected chi connectivity index (χ1v) is 10.8. The summed E-state index contributed by atoms with van der Waals surface area (Å²) >= 11 is 0. The Morgan fingerprint density at radius 3 is 2.57 bits per heavy atom. The van der Waals surface area contributed by atoms with Crippen LogP contribution in [-0.4, -0.2) is 68.3 Å². The molecule has 0 radical (unpaired) electrons. The predicted octanol–water partition coefficient (Wildman–Crippen LogP) is 3.67. The summed E-state index contributed by atoms with van der Waals surface area (Å²) in [6.07, 6.45) is 12.9. The molecule has 0 bridgehead atoms. The molecular formula is C22H41NO5. The fourth-order valence-corrected chi connectivity index (χ4v) is 3.95. The van der Waals surface area contributed by atoms with E-state index in [0.717, 1.165) is 58.0 Å². The van der Waals surface area contributed by atoms with Crippen molar-refractivity contribution in [3.63, 3.8) is 0 Å². The van der Waals surface area contributed by atoms with Crippen molar-refractivity contribution in [1.82, 2.24) is 4.90 Å². The number of unbranched alkanes of at least 4 members (excludes halogenated alkanes) is 3. The molecule has 6 heteroatoms. The van der Waals surface area contributed by atoms with Crippen molar-refractivity contribution in [2.24, 2.45) is 0 Å². The highest BCUT2D eigenvalue weighted by atomic mass is 16.7. The van der Waals surface area contributed by atoms with Gasteiger partial charge in [-0.1, -0.05) is 38.3 Å². The van der Waals surface area contributed by atoms with E-state index in [9.17, 15) is 9.90 Å². The summed E-state index contributed by atoms with van der Waals surface area (Å²) in [5, 5.41) is 10.3. The van der Waals surface area contributed by atoms with Crippen LogP contribution in [0.15, 0.2) is 12.2 Å². The second-order valence-electron chi connectivity index (χ2n) is 7.64. The van der Waals surface area contributed by atoms with Crippen molar-refractivity contribution >= 4 is 5.97 Å². The van der Waals surface area contributed by atoms with Crippen molar-refractivity contribution in [3.8, 4) is 0 Å². The lowest BCUT2D eigenvalue weighted by Gasteiger charge is -2.35. The Labute approximate surface area is 171 Å². The first kappa shape index (κ1) is 25.1. The molecule has 1 unspecified atom stereocenters. The molecule has 0 amide bonds. The number of methoxy groups -OCH3 is 3. The Morgan fingerprint density at radius 1 is 1.18 bits per heavy atom. The number of likely N-dealkylation sites (tertiary alicyclic amines) is 1. The van der Waals surface area contributed by atoms with E-state index < -0.39 is 5.79 Å². The second kappa shape index (κ2) is 14.1. The van der Waals surface area contributed by atoms with Crippen LogP contribution in [0.4, 0.5) is 0 Å². The topological polar surface area (TPSA) is 68.2 Å². The molecular weight excluding hydrogens is 358 g/mol. The third-order valence-corrected chi connectivity index (χ3v) is 5.78. The Morgan fingerprint density at radius 2 is 1.93 bits per heavy atom. The van der Waals surface area contributed by atoms with E-state index in [0.29, 0.717) is 6.42 Å². The van der Waals surface area contributed by atoms with E-state index in [1.54, 1.807) is 14.2 Å². The van der Waals surface area contributed by atoms with Gasteiger partial charge in [0.1, 0.15) is 0 Å². The predicted molar refractivity (Wildman–Crippen MR) is 111 cm³/mol. The molecule has 1 rings (SSSR count). The second-order valence-corrected chi connectivity index (χ2v) is 7.64. The Balaban J connectivity index is 2.52. The van der Waals surface area contributed by atoms with Crippen LogP contribution in [0.2, 0.25) is 0 Å². The summed E-state index contributed by atoms with van der Waals surface area (Å²) in [6, 6.07) is 0.127. The van der Waals surface area contributed by atoms with Gasteiger partial charge in [0.2, 0.25) is 0 Å². The number of hydrogen-bond donors (Lipinski definition) is 1. The van der Waals surface area contributed by atoms with Crippen LogP contribution in [0.3, 0.4) is 0 Å². The Hall–Kier alpha value is -0.950. The van der Waals surface area contributed by atoms with Crippen LogP contribution >= 0.6 is 0 Å². The van der Waals surface area contributed by atoms with Crippen molar-refractivity contribution in [2.45, 2.75) is 89.1 Å². The summed E-state index contributed by atoms with van der Waals surface area (Å²) in [6.45, 7) is 3.94. The molecule has 1 aliphatic rings. The van der Waals surface area contributed by atoms with Gasteiger partial charge in [-0.15, -0.1) is 0 Å².